The molecule has 2 aliphatic rings. The molecule has 1 N–H and O–H groups in total. The highest BCUT2D eigenvalue weighted by Gasteiger charge is 2.41. The Bertz CT molecular complexity index is 957. The number of carbonyl (C=O) groups excluding carboxylic acids is 2. The van der Waals surface area contributed by atoms with Gasteiger partial charge in [-0.25, -0.2) is 4.79 Å². The van der Waals surface area contributed by atoms with Gasteiger partial charge in [0, 0.05) is 29.3 Å². The van der Waals surface area contributed by atoms with Crippen LogP contribution in [0.3, 0.4) is 0 Å². The topological polar surface area (TPSA) is 55.4 Å². The number of hydrogen-bond acceptors (Lipinski definition) is 5. The molecule has 2 heterocycles. The first-order valence-corrected chi connectivity index (χ1v) is 10.5. The van der Waals surface area contributed by atoms with Gasteiger partial charge in [0.1, 0.15) is 0 Å². The molecule has 1 aromatic carbocycles. The number of benzene rings is 1. The molecule has 4 rings (SSSR count). The van der Waals surface area contributed by atoms with Crippen molar-refractivity contribution < 1.29 is 14.3 Å². The summed E-state index contributed by atoms with van der Waals surface area (Å²) in [5, 5.41) is 7.37. The smallest absolute Gasteiger partial charge is 0.336 e. The molecule has 1 aliphatic heterocycles. The third-order valence-electron chi connectivity index (χ3n) is 5.47. The lowest BCUT2D eigenvalue weighted by atomic mass is 9.72. The van der Waals surface area contributed by atoms with E-state index in [0.29, 0.717) is 18.6 Å². The van der Waals surface area contributed by atoms with Gasteiger partial charge in [0.05, 0.1) is 12.2 Å². The van der Waals surface area contributed by atoms with E-state index in [4.69, 9.17) is 4.74 Å². The summed E-state index contributed by atoms with van der Waals surface area (Å²) >= 11 is 1.57. The Morgan fingerprint density at radius 3 is 2.64 bits per heavy atom. The molecule has 1 aliphatic carbocycles. The standard InChI is InChI=1S/C23H23NO3S/c1-3-27-23(26)20-14(2)24-18-11-17(15-7-5-4-6-8-15)12-19(25)22(18)21(20)16-9-10-28-13-16/h4-10,13,17,21,24H,3,11-12H2,1-2H3/t17-,21-/m0/s1. The normalized spacial score (nSPS) is 22.0. The Hall–Kier alpha value is -2.66. The minimum Gasteiger partial charge on any atom is -0.463 e. The molecule has 0 saturated carbocycles. The maximum atomic E-state index is 13.3. The second-order valence-electron chi connectivity index (χ2n) is 7.21. The summed E-state index contributed by atoms with van der Waals surface area (Å²) in [4.78, 5) is 26.0. The highest BCUT2D eigenvalue weighted by Crippen LogP contribution is 2.46. The van der Waals surface area contributed by atoms with Crippen LogP contribution in [0.15, 0.2) is 69.7 Å². The van der Waals surface area contributed by atoms with Crippen LogP contribution in [-0.2, 0) is 14.3 Å². The zero-order valence-corrected chi connectivity index (χ0v) is 16.8. The summed E-state index contributed by atoms with van der Waals surface area (Å²) in [6.07, 6.45) is 1.22. The zero-order chi connectivity index (χ0) is 19.7. The number of dihydropyridines is 1. The summed E-state index contributed by atoms with van der Waals surface area (Å²) < 4.78 is 5.32. The monoisotopic (exact) mass is 393 g/mol. The number of ether oxygens (including phenoxy) is 1. The number of rotatable bonds is 4. The summed E-state index contributed by atoms with van der Waals surface area (Å²) in [6.45, 7) is 4.00. The summed E-state index contributed by atoms with van der Waals surface area (Å²) in [6, 6.07) is 12.2. The number of nitrogens with one attached hydrogen (secondary N) is 1. The van der Waals surface area contributed by atoms with Gasteiger partial charge in [-0.2, -0.15) is 11.3 Å². The van der Waals surface area contributed by atoms with E-state index in [2.05, 4.69) is 17.4 Å². The van der Waals surface area contributed by atoms with Crippen LogP contribution in [0.5, 0.6) is 0 Å². The molecular formula is C23H23NO3S. The Labute approximate surface area is 168 Å². The van der Waals surface area contributed by atoms with Gasteiger partial charge in [0.2, 0.25) is 0 Å². The van der Waals surface area contributed by atoms with Gasteiger partial charge in [0.25, 0.3) is 0 Å². The van der Waals surface area contributed by atoms with Crippen LogP contribution < -0.4 is 5.32 Å². The molecule has 0 saturated heterocycles. The Morgan fingerprint density at radius 2 is 1.96 bits per heavy atom. The fourth-order valence-corrected chi connectivity index (χ4v) is 4.94. The molecule has 0 bridgehead atoms. The minimum absolute atomic E-state index is 0.105. The lowest BCUT2D eigenvalue weighted by Gasteiger charge is -2.36. The Kier molecular flexibility index (Phi) is 5.18. The second kappa shape index (κ2) is 7.76. The number of esters is 1. The van der Waals surface area contributed by atoms with Crippen molar-refractivity contribution in [2.75, 3.05) is 6.61 Å². The lowest BCUT2D eigenvalue weighted by Crippen LogP contribution is -2.36. The molecular weight excluding hydrogens is 370 g/mol. The predicted molar refractivity (Wildman–Crippen MR) is 110 cm³/mol. The molecule has 0 radical (unpaired) electrons. The quantitative estimate of drug-likeness (QED) is 0.767. The molecule has 144 valence electrons. The van der Waals surface area contributed by atoms with Crippen molar-refractivity contribution in [1.82, 2.24) is 5.32 Å². The van der Waals surface area contributed by atoms with Crippen molar-refractivity contribution in [2.45, 2.75) is 38.5 Å². The maximum Gasteiger partial charge on any atom is 0.336 e. The van der Waals surface area contributed by atoms with E-state index < -0.39 is 0 Å². The second-order valence-corrected chi connectivity index (χ2v) is 7.99. The van der Waals surface area contributed by atoms with E-state index in [0.717, 1.165) is 29.0 Å². The average Bonchev–Trinajstić information content (AvgIpc) is 3.22. The molecule has 28 heavy (non-hydrogen) atoms. The number of thiophene rings is 1. The molecule has 0 fully saturated rings. The van der Waals surface area contributed by atoms with Gasteiger partial charge < -0.3 is 10.1 Å². The van der Waals surface area contributed by atoms with Crippen LogP contribution in [0, 0.1) is 0 Å². The van der Waals surface area contributed by atoms with Crippen molar-refractivity contribution in [3.8, 4) is 0 Å². The third kappa shape index (κ3) is 3.31. The Balaban J connectivity index is 1.77. The largest absolute Gasteiger partial charge is 0.463 e. The van der Waals surface area contributed by atoms with Crippen molar-refractivity contribution >= 4 is 23.1 Å². The van der Waals surface area contributed by atoms with Crippen molar-refractivity contribution in [3.63, 3.8) is 0 Å². The third-order valence-corrected chi connectivity index (χ3v) is 6.17. The molecule has 4 nitrogen and oxygen atoms in total. The van der Waals surface area contributed by atoms with Gasteiger partial charge in [-0.3, -0.25) is 4.79 Å². The number of ketones is 1. The van der Waals surface area contributed by atoms with Crippen molar-refractivity contribution in [2.24, 2.45) is 0 Å². The van der Waals surface area contributed by atoms with Crippen LogP contribution in [-0.4, -0.2) is 18.4 Å². The van der Waals surface area contributed by atoms with Crippen LogP contribution in [0.1, 0.15) is 49.7 Å². The van der Waals surface area contributed by atoms with E-state index >= 15 is 0 Å². The average molecular weight is 394 g/mol. The van der Waals surface area contributed by atoms with Gasteiger partial charge >= 0.3 is 5.97 Å². The highest BCUT2D eigenvalue weighted by molar-refractivity contribution is 7.08. The fourth-order valence-electron chi connectivity index (χ4n) is 4.25. The molecule has 0 unspecified atom stereocenters. The molecule has 0 spiro atoms. The Morgan fingerprint density at radius 1 is 1.18 bits per heavy atom. The zero-order valence-electron chi connectivity index (χ0n) is 16.0. The van der Waals surface area contributed by atoms with Crippen molar-refractivity contribution in [3.05, 3.63) is 80.8 Å². The van der Waals surface area contributed by atoms with E-state index in [1.807, 2.05) is 41.9 Å². The molecule has 2 aromatic rings. The predicted octanol–water partition coefficient (Wildman–Crippen LogP) is 4.67. The number of hydrogen-bond donors (Lipinski definition) is 1. The first-order valence-electron chi connectivity index (χ1n) is 9.58. The first kappa shape index (κ1) is 18.7. The van der Waals surface area contributed by atoms with E-state index in [1.165, 1.54) is 5.56 Å². The van der Waals surface area contributed by atoms with E-state index in [1.54, 1.807) is 18.3 Å². The van der Waals surface area contributed by atoms with Gasteiger partial charge in [0.15, 0.2) is 5.78 Å². The molecule has 5 heteroatoms. The molecule has 2 atom stereocenters. The van der Waals surface area contributed by atoms with Gasteiger partial charge in [-0.1, -0.05) is 30.3 Å². The van der Waals surface area contributed by atoms with E-state index in [-0.39, 0.29) is 23.6 Å². The van der Waals surface area contributed by atoms with E-state index in [9.17, 15) is 9.59 Å². The van der Waals surface area contributed by atoms with Gasteiger partial charge in [-0.05, 0) is 54.1 Å². The highest BCUT2D eigenvalue weighted by atomic mass is 32.1. The summed E-state index contributed by atoms with van der Waals surface area (Å²) in [5.41, 5.74) is 5.13. The summed E-state index contributed by atoms with van der Waals surface area (Å²) in [5.74, 6) is -0.452. The number of Topliss-reactive ketones (excluding diaryl/α,β-unsaturated/α-hetero) is 1. The van der Waals surface area contributed by atoms with Gasteiger partial charge in [-0.15, -0.1) is 0 Å². The van der Waals surface area contributed by atoms with Crippen LogP contribution >= 0.6 is 11.3 Å². The van der Waals surface area contributed by atoms with Crippen LogP contribution in [0.2, 0.25) is 0 Å². The maximum absolute atomic E-state index is 13.3. The first-order chi connectivity index (χ1) is 13.6. The number of carbonyl (C=O) groups is 2. The SMILES string of the molecule is CCOC(=O)C1=C(C)NC2=C(C(=O)C[C@@H](c3ccccc3)C2)[C@H]1c1ccsc1. The fraction of sp³-hybridized carbons (Fsp3) is 0.304. The van der Waals surface area contributed by atoms with Crippen molar-refractivity contribution in [1.29, 1.82) is 0 Å². The van der Waals surface area contributed by atoms with Crippen LogP contribution in [0.4, 0.5) is 0 Å². The minimum atomic E-state index is -0.356. The number of allylic oxidation sites excluding steroid dienone is 3. The summed E-state index contributed by atoms with van der Waals surface area (Å²) in [7, 11) is 0. The molecule has 0 amide bonds. The van der Waals surface area contributed by atoms with Crippen LogP contribution in [0.25, 0.3) is 0 Å². The molecule has 1 aromatic heterocycles. The lowest BCUT2D eigenvalue weighted by molar-refractivity contribution is -0.138.